The molecular weight excluding hydrogens is 610 g/mol. The lowest BCUT2D eigenvalue weighted by Gasteiger charge is -2.40. The highest BCUT2D eigenvalue weighted by atomic mass is 35.5. The van der Waals surface area contributed by atoms with Gasteiger partial charge in [0.1, 0.15) is 28.9 Å². The number of hydrogen-bond acceptors (Lipinski definition) is 8. The second-order valence-electron chi connectivity index (χ2n) is 11.3. The first-order valence-corrected chi connectivity index (χ1v) is 14.9. The smallest absolute Gasteiger partial charge is 0.263 e. The fraction of sp³-hybridized carbons (Fsp3) is 0.367. The van der Waals surface area contributed by atoms with Crippen LogP contribution < -0.4 is 21.5 Å². The van der Waals surface area contributed by atoms with Gasteiger partial charge in [-0.1, -0.05) is 18.5 Å². The van der Waals surface area contributed by atoms with Crippen molar-refractivity contribution in [2.75, 3.05) is 36.4 Å². The van der Waals surface area contributed by atoms with Crippen molar-refractivity contribution in [1.29, 1.82) is 0 Å². The van der Waals surface area contributed by atoms with Gasteiger partial charge in [-0.15, -0.1) is 0 Å². The summed E-state index contributed by atoms with van der Waals surface area (Å²) in [6.07, 6.45) is 2.70. The molecule has 4 aromatic rings. The Morgan fingerprint density at radius 2 is 1.96 bits per heavy atom. The van der Waals surface area contributed by atoms with Gasteiger partial charge >= 0.3 is 0 Å². The first-order valence-electron chi connectivity index (χ1n) is 14.6. The Labute approximate surface area is 261 Å². The molecule has 1 aromatic carbocycles. The summed E-state index contributed by atoms with van der Waals surface area (Å²) < 4.78 is 32.5. The number of halogens is 3. The van der Waals surface area contributed by atoms with Gasteiger partial charge in [-0.05, 0) is 37.6 Å². The number of fused-ring (bicyclic) bond motifs is 2. The van der Waals surface area contributed by atoms with E-state index < -0.39 is 40.5 Å². The van der Waals surface area contributed by atoms with Gasteiger partial charge in [0.2, 0.25) is 11.9 Å². The number of amides is 2. The van der Waals surface area contributed by atoms with Crippen molar-refractivity contribution in [3.8, 4) is 16.9 Å². The third-order valence-corrected chi connectivity index (χ3v) is 8.78. The van der Waals surface area contributed by atoms with Crippen LogP contribution in [0.1, 0.15) is 36.5 Å². The van der Waals surface area contributed by atoms with E-state index in [1.54, 1.807) is 0 Å². The predicted octanol–water partition coefficient (Wildman–Crippen LogP) is 3.11. The third kappa shape index (κ3) is 5.48. The largest absolute Gasteiger partial charge is 0.504 e. The minimum Gasteiger partial charge on any atom is -0.504 e. The molecule has 2 amide bonds. The molecule has 2 aliphatic rings. The van der Waals surface area contributed by atoms with Gasteiger partial charge in [0.15, 0.2) is 11.6 Å². The van der Waals surface area contributed by atoms with Crippen LogP contribution in [-0.4, -0.2) is 73.1 Å². The zero-order valence-electron chi connectivity index (χ0n) is 24.6. The van der Waals surface area contributed by atoms with Gasteiger partial charge < -0.3 is 25.6 Å². The van der Waals surface area contributed by atoms with E-state index in [1.807, 2.05) is 11.8 Å². The van der Waals surface area contributed by atoms with Gasteiger partial charge in [-0.3, -0.25) is 23.9 Å². The third-order valence-electron chi connectivity index (χ3n) is 8.42. The number of piperazine rings is 1. The van der Waals surface area contributed by atoms with Crippen LogP contribution in [-0.2, 0) is 24.3 Å². The van der Waals surface area contributed by atoms with Crippen molar-refractivity contribution in [2.24, 2.45) is 5.73 Å². The topological polar surface area (TPSA) is 152 Å². The molecule has 0 bridgehead atoms. The molecule has 1 atom stereocenters. The number of hydrogen-bond donors (Lipinski definition) is 3. The Morgan fingerprint density at radius 3 is 2.67 bits per heavy atom. The van der Waals surface area contributed by atoms with Crippen molar-refractivity contribution in [1.82, 2.24) is 24.0 Å². The minimum atomic E-state index is -1.11. The number of rotatable bonds is 7. The maximum Gasteiger partial charge on any atom is 0.263 e. The highest BCUT2D eigenvalue weighted by molar-refractivity contribution is 6.33. The van der Waals surface area contributed by atoms with Gasteiger partial charge in [0.25, 0.3) is 11.5 Å². The summed E-state index contributed by atoms with van der Waals surface area (Å²) in [6.45, 7) is 7.24. The van der Waals surface area contributed by atoms with Crippen LogP contribution in [0.5, 0.6) is 5.75 Å². The Balaban J connectivity index is 1.37. The number of primary amides is 1. The van der Waals surface area contributed by atoms with Crippen LogP contribution in [0.4, 0.5) is 20.3 Å². The minimum absolute atomic E-state index is 0.0339. The van der Waals surface area contributed by atoms with Crippen LogP contribution >= 0.6 is 11.6 Å². The second-order valence-corrected chi connectivity index (χ2v) is 11.7. The monoisotopic (exact) mass is 640 g/mol. The molecule has 3 aromatic heterocycles. The Morgan fingerprint density at radius 1 is 1.18 bits per heavy atom. The summed E-state index contributed by atoms with van der Waals surface area (Å²) in [7, 11) is 0. The van der Waals surface area contributed by atoms with E-state index in [0.29, 0.717) is 37.6 Å². The van der Waals surface area contributed by atoms with E-state index in [1.165, 1.54) is 27.5 Å². The SMILES string of the molecule is CCN1CCN(c2cc(NC(=O)Cn3cc(-c4cc(F)c(O)c(C(N)=O)c4)c4c(=O)n5c(nc43)CCC5)c(Cl)c(F)n2)C(C)C1. The number of pyridine rings is 1. The van der Waals surface area contributed by atoms with Crippen molar-refractivity contribution in [3.05, 3.63) is 62.9 Å². The molecule has 2 aliphatic heterocycles. The normalized spacial score (nSPS) is 16.7. The number of anilines is 2. The Kier molecular flexibility index (Phi) is 7.95. The lowest BCUT2D eigenvalue weighted by molar-refractivity contribution is -0.116. The quantitative estimate of drug-likeness (QED) is 0.261. The molecule has 45 heavy (non-hydrogen) atoms. The Hall–Kier alpha value is -4.56. The van der Waals surface area contributed by atoms with Crippen molar-refractivity contribution in [2.45, 2.75) is 45.8 Å². The van der Waals surface area contributed by atoms with Gasteiger partial charge in [0.05, 0.1) is 16.6 Å². The molecular formula is C30H31ClF2N8O4. The van der Waals surface area contributed by atoms with E-state index in [0.717, 1.165) is 25.7 Å². The van der Waals surface area contributed by atoms with E-state index in [2.05, 4.69) is 27.1 Å². The fourth-order valence-electron chi connectivity index (χ4n) is 6.14. The van der Waals surface area contributed by atoms with Gasteiger partial charge in [0, 0.05) is 56.5 Å². The maximum atomic E-state index is 14.9. The zero-order valence-corrected chi connectivity index (χ0v) is 25.4. The van der Waals surface area contributed by atoms with Crippen molar-refractivity contribution < 1.29 is 23.5 Å². The molecule has 12 nitrogen and oxygen atoms in total. The standard InChI is InChI=1S/C30H31ClF2N8O4/c1-3-38-7-8-40(15(2)12-38)22-11-20(25(31)27(33)36-22)35-23(42)14-39-13-18(16-9-17(28(34)44)26(43)19(32)10-16)24-29(39)37-21-5-4-6-41(21)30(24)45/h9-11,13,15,43H,3-8,12,14H2,1-2H3,(H2,34,44)(H,35,36,42). The van der Waals surface area contributed by atoms with E-state index in [-0.39, 0.29) is 45.5 Å². The number of aryl methyl sites for hydroxylation is 1. The number of carbonyl (C=O) groups is 2. The van der Waals surface area contributed by atoms with Crippen LogP contribution in [0.15, 0.2) is 29.2 Å². The molecule has 1 fully saturated rings. The average Bonchev–Trinajstić information content (AvgIpc) is 3.62. The molecule has 0 saturated carbocycles. The van der Waals surface area contributed by atoms with Gasteiger partial charge in [-0.25, -0.2) is 14.4 Å². The number of nitrogens with one attached hydrogen (secondary N) is 1. The summed E-state index contributed by atoms with van der Waals surface area (Å²) in [5.74, 6) is -3.72. The Bertz CT molecular complexity index is 1930. The molecule has 0 aliphatic carbocycles. The summed E-state index contributed by atoms with van der Waals surface area (Å²) in [5.41, 5.74) is 4.96. The van der Waals surface area contributed by atoms with Crippen molar-refractivity contribution >= 4 is 46.0 Å². The molecule has 6 rings (SSSR count). The highest BCUT2D eigenvalue weighted by Crippen LogP contribution is 2.34. The summed E-state index contributed by atoms with van der Waals surface area (Å²) in [6, 6.07) is 3.73. The van der Waals surface area contributed by atoms with Crippen LogP contribution in [0, 0.1) is 11.8 Å². The summed E-state index contributed by atoms with van der Waals surface area (Å²) >= 11 is 6.23. The number of aromatic hydroxyl groups is 1. The molecule has 5 heterocycles. The fourth-order valence-corrected chi connectivity index (χ4v) is 6.28. The predicted molar refractivity (Wildman–Crippen MR) is 165 cm³/mol. The molecule has 0 spiro atoms. The van der Waals surface area contributed by atoms with Crippen LogP contribution in [0.25, 0.3) is 22.2 Å². The summed E-state index contributed by atoms with van der Waals surface area (Å²) in [4.78, 5) is 51.8. The maximum absolute atomic E-state index is 14.9. The number of phenols is 1. The molecule has 4 N–H and O–H groups in total. The number of aromatic nitrogens is 4. The first-order chi connectivity index (χ1) is 21.5. The van der Waals surface area contributed by atoms with E-state index in [9.17, 15) is 28.3 Å². The van der Waals surface area contributed by atoms with E-state index in [4.69, 9.17) is 17.3 Å². The molecule has 15 heteroatoms. The zero-order chi connectivity index (χ0) is 32.2. The highest BCUT2D eigenvalue weighted by Gasteiger charge is 2.27. The molecule has 1 saturated heterocycles. The average molecular weight is 641 g/mol. The van der Waals surface area contributed by atoms with E-state index >= 15 is 0 Å². The lowest BCUT2D eigenvalue weighted by atomic mass is 10.0. The number of carbonyl (C=O) groups excluding carboxylic acids is 2. The molecule has 236 valence electrons. The molecule has 1 unspecified atom stereocenters. The number of nitrogens with zero attached hydrogens (tertiary/aromatic N) is 6. The summed E-state index contributed by atoms with van der Waals surface area (Å²) in [5, 5.41) is 12.4. The van der Waals surface area contributed by atoms with Gasteiger partial charge in [-0.2, -0.15) is 4.39 Å². The first kappa shape index (κ1) is 30.5. The second kappa shape index (κ2) is 11.7. The number of benzene rings is 1. The van der Waals surface area contributed by atoms with Crippen molar-refractivity contribution in [3.63, 3.8) is 0 Å². The number of likely N-dealkylation sites (N-methyl/N-ethyl adjacent to an activating group) is 1. The van der Waals surface area contributed by atoms with Crippen LogP contribution in [0.2, 0.25) is 5.02 Å². The molecule has 0 radical (unpaired) electrons. The van der Waals surface area contributed by atoms with Crippen LogP contribution in [0.3, 0.4) is 0 Å². The number of nitrogens with two attached hydrogens (primary N) is 1. The lowest BCUT2D eigenvalue weighted by Crippen LogP contribution is -2.52.